The van der Waals surface area contributed by atoms with Gasteiger partial charge in [0.25, 0.3) is 0 Å². The van der Waals surface area contributed by atoms with E-state index in [0.29, 0.717) is 6.04 Å². The molecular formula is C10H20N2OS. The number of nitrogens with one attached hydrogen (secondary N) is 1. The molecule has 82 valence electrons. The molecule has 0 aliphatic carbocycles. The minimum absolute atomic E-state index is 0.0500. The first-order valence-electron chi connectivity index (χ1n) is 5.32. The number of carbonyl (C=O) groups excluding carboxylic acids is 1. The predicted molar refractivity (Wildman–Crippen MR) is 61.4 cm³/mol. The van der Waals surface area contributed by atoms with Crippen molar-refractivity contribution in [2.45, 2.75) is 39.3 Å². The summed E-state index contributed by atoms with van der Waals surface area (Å²) in [6, 6.07) is 0.411. The number of hydrogen-bond acceptors (Lipinski definition) is 3. The van der Waals surface area contributed by atoms with E-state index in [1.165, 1.54) is 0 Å². The number of carbonyl (C=O) groups is 1. The van der Waals surface area contributed by atoms with Gasteiger partial charge in [0.15, 0.2) is 0 Å². The standard InChI is InChI=1S/C10H20N2OS/c1-4-8(3)12(5-2)10(13)9-6-14-7-11-9/h8-9,11H,4-7H2,1-3H3. The molecule has 0 radical (unpaired) electrons. The van der Waals surface area contributed by atoms with Crippen LogP contribution in [-0.2, 0) is 4.79 Å². The van der Waals surface area contributed by atoms with E-state index in [4.69, 9.17) is 0 Å². The van der Waals surface area contributed by atoms with Crippen molar-refractivity contribution >= 4 is 17.7 Å². The zero-order chi connectivity index (χ0) is 10.6. The maximum absolute atomic E-state index is 12.0. The maximum Gasteiger partial charge on any atom is 0.240 e. The fraction of sp³-hybridized carbons (Fsp3) is 0.900. The number of likely N-dealkylation sites (N-methyl/N-ethyl adjacent to an activating group) is 1. The zero-order valence-corrected chi connectivity index (χ0v) is 10.1. The zero-order valence-electron chi connectivity index (χ0n) is 9.25. The normalized spacial score (nSPS) is 23.5. The highest BCUT2D eigenvalue weighted by Crippen LogP contribution is 2.14. The van der Waals surface area contributed by atoms with Crippen molar-refractivity contribution in [3.8, 4) is 0 Å². The van der Waals surface area contributed by atoms with E-state index in [1.54, 1.807) is 11.8 Å². The molecule has 4 heteroatoms. The predicted octanol–water partition coefficient (Wildman–Crippen LogP) is 1.30. The molecule has 3 nitrogen and oxygen atoms in total. The Morgan fingerprint density at radius 1 is 1.64 bits per heavy atom. The van der Waals surface area contributed by atoms with Crippen molar-refractivity contribution in [3.05, 3.63) is 0 Å². The number of nitrogens with zero attached hydrogens (tertiary/aromatic N) is 1. The molecule has 0 aromatic carbocycles. The Bertz CT molecular complexity index is 193. The minimum Gasteiger partial charge on any atom is -0.339 e. The van der Waals surface area contributed by atoms with Gasteiger partial charge in [0, 0.05) is 24.2 Å². The molecule has 0 aromatic heterocycles. The van der Waals surface area contributed by atoms with Crippen LogP contribution in [0, 0.1) is 0 Å². The van der Waals surface area contributed by atoms with Crippen molar-refractivity contribution in [2.24, 2.45) is 0 Å². The van der Waals surface area contributed by atoms with Crippen LogP contribution < -0.4 is 5.32 Å². The summed E-state index contributed by atoms with van der Waals surface area (Å²) in [7, 11) is 0. The lowest BCUT2D eigenvalue weighted by Crippen LogP contribution is -2.48. The lowest BCUT2D eigenvalue weighted by atomic mass is 10.2. The summed E-state index contributed by atoms with van der Waals surface area (Å²) in [6.07, 6.45) is 1.03. The Hall–Kier alpha value is -0.220. The molecule has 1 fully saturated rings. The van der Waals surface area contributed by atoms with Gasteiger partial charge in [0.2, 0.25) is 5.91 Å². The van der Waals surface area contributed by atoms with Gasteiger partial charge in [-0.2, -0.15) is 0 Å². The molecule has 1 aliphatic rings. The molecule has 1 N–H and O–H groups in total. The SMILES string of the molecule is CCC(C)N(CC)C(=O)C1CSCN1. The lowest BCUT2D eigenvalue weighted by Gasteiger charge is -2.29. The van der Waals surface area contributed by atoms with Crippen LogP contribution in [0.5, 0.6) is 0 Å². The van der Waals surface area contributed by atoms with E-state index in [0.717, 1.165) is 24.6 Å². The van der Waals surface area contributed by atoms with Crippen LogP contribution in [0.3, 0.4) is 0 Å². The van der Waals surface area contributed by atoms with Gasteiger partial charge in [-0.05, 0) is 20.3 Å². The summed E-state index contributed by atoms with van der Waals surface area (Å²) in [5.41, 5.74) is 0. The fourth-order valence-electron chi connectivity index (χ4n) is 1.66. The van der Waals surface area contributed by atoms with Gasteiger partial charge in [0.1, 0.15) is 0 Å². The van der Waals surface area contributed by atoms with Crippen molar-refractivity contribution in [2.75, 3.05) is 18.2 Å². The average molecular weight is 216 g/mol. The number of hydrogen-bond donors (Lipinski definition) is 1. The lowest BCUT2D eigenvalue weighted by molar-refractivity contribution is -0.134. The summed E-state index contributed by atoms with van der Waals surface area (Å²) in [5, 5.41) is 3.22. The highest BCUT2D eigenvalue weighted by atomic mass is 32.2. The van der Waals surface area contributed by atoms with Gasteiger partial charge in [-0.1, -0.05) is 6.92 Å². The number of amides is 1. The van der Waals surface area contributed by atoms with Crippen molar-refractivity contribution in [3.63, 3.8) is 0 Å². The highest BCUT2D eigenvalue weighted by Gasteiger charge is 2.28. The average Bonchev–Trinajstić information content (AvgIpc) is 2.71. The molecule has 1 amide bonds. The van der Waals surface area contributed by atoms with Crippen LogP contribution in [-0.4, -0.2) is 41.1 Å². The topological polar surface area (TPSA) is 32.3 Å². The molecule has 1 aliphatic heterocycles. The largest absolute Gasteiger partial charge is 0.339 e. The minimum atomic E-state index is 0.0500. The van der Waals surface area contributed by atoms with Crippen molar-refractivity contribution in [1.82, 2.24) is 10.2 Å². The van der Waals surface area contributed by atoms with E-state index in [9.17, 15) is 4.79 Å². The van der Waals surface area contributed by atoms with E-state index >= 15 is 0 Å². The molecule has 0 saturated carbocycles. The van der Waals surface area contributed by atoms with Crippen LogP contribution >= 0.6 is 11.8 Å². The van der Waals surface area contributed by atoms with Crippen LogP contribution in [0.25, 0.3) is 0 Å². The van der Waals surface area contributed by atoms with Gasteiger partial charge in [-0.15, -0.1) is 11.8 Å². The van der Waals surface area contributed by atoms with E-state index in [1.807, 2.05) is 11.8 Å². The Labute approximate surface area is 90.6 Å². The third-order valence-corrected chi connectivity index (χ3v) is 3.70. The third kappa shape index (κ3) is 2.64. The van der Waals surface area contributed by atoms with Crippen molar-refractivity contribution in [1.29, 1.82) is 0 Å². The molecule has 0 spiro atoms. The first kappa shape index (κ1) is 11.9. The molecule has 14 heavy (non-hydrogen) atoms. The second kappa shape index (κ2) is 5.61. The number of thioether (sulfide) groups is 1. The molecule has 2 atom stereocenters. The highest BCUT2D eigenvalue weighted by molar-refractivity contribution is 7.99. The quantitative estimate of drug-likeness (QED) is 0.768. The second-order valence-electron chi connectivity index (χ2n) is 3.65. The Morgan fingerprint density at radius 3 is 2.79 bits per heavy atom. The van der Waals surface area contributed by atoms with Crippen LogP contribution in [0.2, 0.25) is 0 Å². The Balaban J connectivity index is 2.54. The summed E-state index contributed by atoms with van der Waals surface area (Å²) >= 11 is 1.80. The Kier molecular flexibility index (Phi) is 4.75. The molecule has 1 heterocycles. The monoisotopic (exact) mass is 216 g/mol. The molecule has 1 rings (SSSR count). The van der Waals surface area contributed by atoms with Gasteiger partial charge >= 0.3 is 0 Å². The van der Waals surface area contributed by atoms with Crippen molar-refractivity contribution < 1.29 is 4.79 Å². The summed E-state index contributed by atoms with van der Waals surface area (Å²) in [6.45, 7) is 7.10. The molecule has 2 unspecified atom stereocenters. The maximum atomic E-state index is 12.0. The van der Waals surface area contributed by atoms with Gasteiger partial charge in [-0.25, -0.2) is 0 Å². The van der Waals surface area contributed by atoms with E-state index in [2.05, 4.69) is 19.2 Å². The van der Waals surface area contributed by atoms with E-state index in [-0.39, 0.29) is 11.9 Å². The summed E-state index contributed by atoms with van der Waals surface area (Å²) < 4.78 is 0. The molecular weight excluding hydrogens is 196 g/mol. The van der Waals surface area contributed by atoms with Gasteiger partial charge in [-0.3, -0.25) is 10.1 Å². The van der Waals surface area contributed by atoms with Gasteiger partial charge in [0.05, 0.1) is 6.04 Å². The molecule has 0 bridgehead atoms. The number of rotatable bonds is 4. The molecule has 1 saturated heterocycles. The summed E-state index contributed by atoms with van der Waals surface area (Å²) in [5.74, 6) is 2.10. The van der Waals surface area contributed by atoms with Crippen LogP contribution in [0.15, 0.2) is 0 Å². The Morgan fingerprint density at radius 2 is 2.36 bits per heavy atom. The first-order valence-corrected chi connectivity index (χ1v) is 6.47. The van der Waals surface area contributed by atoms with Crippen LogP contribution in [0.4, 0.5) is 0 Å². The van der Waals surface area contributed by atoms with E-state index < -0.39 is 0 Å². The smallest absolute Gasteiger partial charge is 0.240 e. The fourth-order valence-corrected chi connectivity index (χ4v) is 2.59. The van der Waals surface area contributed by atoms with Gasteiger partial charge < -0.3 is 4.90 Å². The second-order valence-corrected chi connectivity index (χ2v) is 4.68. The molecule has 0 aromatic rings. The first-order chi connectivity index (χ1) is 6.70. The third-order valence-electron chi connectivity index (χ3n) is 2.76. The summed E-state index contributed by atoms with van der Waals surface area (Å²) in [4.78, 5) is 14.0. The van der Waals surface area contributed by atoms with Crippen LogP contribution in [0.1, 0.15) is 27.2 Å².